The van der Waals surface area contributed by atoms with Crippen molar-refractivity contribution in [2.45, 2.75) is 17.2 Å². The van der Waals surface area contributed by atoms with Crippen LogP contribution in [0.25, 0.3) is 0 Å². The third-order valence-corrected chi connectivity index (χ3v) is 7.79. The summed E-state index contributed by atoms with van der Waals surface area (Å²) >= 11 is 9.25. The van der Waals surface area contributed by atoms with Crippen LogP contribution in [0.15, 0.2) is 51.8 Å². The smallest absolute Gasteiger partial charge is 0.416 e. The molecule has 176 valence electrons. The second kappa shape index (κ2) is 10.3. The molecule has 32 heavy (non-hydrogen) atoms. The summed E-state index contributed by atoms with van der Waals surface area (Å²) in [6.45, 7) is 1.08. The molecule has 0 amide bonds. The number of aliphatic hydroxyl groups excluding tert-OH is 1. The molecular formula is C20H21BrClF3N2O4S. The number of β-amino-alcohol motifs (C(OH)–C–C–N with tert-alkyl or cyclic N) is 1. The summed E-state index contributed by atoms with van der Waals surface area (Å²) in [5.41, 5.74) is -1.08. The normalized spacial score (nSPS) is 17.3. The molecule has 0 saturated carbocycles. The minimum Gasteiger partial charge on any atom is -0.491 e. The third-order valence-electron chi connectivity index (χ3n) is 4.92. The molecule has 6 nitrogen and oxygen atoms in total. The van der Waals surface area contributed by atoms with Crippen LogP contribution in [0.4, 0.5) is 13.2 Å². The summed E-state index contributed by atoms with van der Waals surface area (Å²) in [4.78, 5) is 1.30. The van der Waals surface area contributed by atoms with Crippen LogP contribution in [0.1, 0.15) is 5.56 Å². The Morgan fingerprint density at radius 3 is 2.44 bits per heavy atom. The van der Waals surface area contributed by atoms with Gasteiger partial charge in [0.2, 0.25) is 10.0 Å². The Morgan fingerprint density at radius 1 is 1.12 bits per heavy atom. The van der Waals surface area contributed by atoms with Gasteiger partial charge in [0.25, 0.3) is 0 Å². The van der Waals surface area contributed by atoms with Crippen molar-refractivity contribution in [3.05, 3.63) is 57.5 Å². The Balaban J connectivity index is 1.57. The average Bonchev–Trinajstić information content (AvgIpc) is 2.72. The van der Waals surface area contributed by atoms with E-state index in [9.17, 15) is 26.7 Å². The quantitative estimate of drug-likeness (QED) is 0.560. The molecule has 1 N–H and O–H groups in total. The van der Waals surface area contributed by atoms with Gasteiger partial charge < -0.3 is 9.84 Å². The van der Waals surface area contributed by atoms with Crippen molar-refractivity contribution in [1.82, 2.24) is 9.21 Å². The van der Waals surface area contributed by atoms with Gasteiger partial charge in [0.15, 0.2) is 0 Å². The van der Waals surface area contributed by atoms with Crippen LogP contribution in [0.3, 0.4) is 0 Å². The van der Waals surface area contributed by atoms with Crippen LogP contribution < -0.4 is 4.74 Å². The zero-order valence-corrected chi connectivity index (χ0v) is 19.9. The second-order valence-electron chi connectivity index (χ2n) is 7.27. The van der Waals surface area contributed by atoms with Gasteiger partial charge in [0.05, 0.1) is 10.6 Å². The minimum absolute atomic E-state index is 0.0636. The minimum atomic E-state index is -4.68. The first-order valence-electron chi connectivity index (χ1n) is 9.62. The van der Waals surface area contributed by atoms with Crippen LogP contribution in [-0.4, -0.2) is 68.2 Å². The van der Waals surface area contributed by atoms with Crippen molar-refractivity contribution in [2.24, 2.45) is 0 Å². The van der Waals surface area contributed by atoms with Crippen LogP contribution in [0.5, 0.6) is 5.75 Å². The average molecular weight is 558 g/mol. The summed E-state index contributed by atoms with van der Waals surface area (Å²) in [5, 5.41) is 9.98. The van der Waals surface area contributed by atoms with Gasteiger partial charge in [0, 0.05) is 37.2 Å². The lowest BCUT2D eigenvalue weighted by Gasteiger charge is -2.35. The molecule has 1 fully saturated rings. The van der Waals surface area contributed by atoms with Gasteiger partial charge in [-0.1, -0.05) is 33.6 Å². The Bertz CT molecular complexity index is 1050. The fourth-order valence-corrected chi connectivity index (χ4v) is 5.57. The van der Waals surface area contributed by atoms with Crippen molar-refractivity contribution in [3.63, 3.8) is 0 Å². The number of ether oxygens (including phenoxy) is 1. The molecule has 0 unspecified atom stereocenters. The lowest BCUT2D eigenvalue weighted by atomic mass is 10.2. The molecule has 0 aromatic heterocycles. The van der Waals surface area contributed by atoms with Crippen LogP contribution in [-0.2, 0) is 16.2 Å². The predicted molar refractivity (Wildman–Crippen MR) is 117 cm³/mol. The highest BCUT2D eigenvalue weighted by molar-refractivity contribution is 9.10. The monoisotopic (exact) mass is 556 g/mol. The zero-order valence-electron chi connectivity index (χ0n) is 16.7. The van der Waals surface area contributed by atoms with E-state index in [1.165, 1.54) is 0 Å². The largest absolute Gasteiger partial charge is 0.491 e. The molecular weight excluding hydrogens is 537 g/mol. The number of hydrogen-bond donors (Lipinski definition) is 1. The van der Waals surface area contributed by atoms with Gasteiger partial charge in [-0.05, 0) is 36.4 Å². The fraction of sp³-hybridized carbons (Fsp3) is 0.400. The first-order valence-corrected chi connectivity index (χ1v) is 12.2. The van der Waals surface area contributed by atoms with E-state index in [0.717, 1.165) is 20.9 Å². The van der Waals surface area contributed by atoms with Crippen molar-refractivity contribution in [3.8, 4) is 5.75 Å². The van der Waals surface area contributed by atoms with E-state index in [-0.39, 0.29) is 31.3 Å². The molecule has 1 heterocycles. The van der Waals surface area contributed by atoms with E-state index in [1.54, 1.807) is 12.1 Å². The van der Waals surface area contributed by atoms with E-state index in [1.807, 2.05) is 17.0 Å². The predicted octanol–water partition coefficient (Wildman–Crippen LogP) is 3.87. The van der Waals surface area contributed by atoms with Gasteiger partial charge in [-0.25, -0.2) is 8.42 Å². The number of benzene rings is 2. The molecule has 12 heteroatoms. The first-order chi connectivity index (χ1) is 15.0. The molecule has 1 saturated heterocycles. The lowest BCUT2D eigenvalue weighted by molar-refractivity contribution is -0.137. The van der Waals surface area contributed by atoms with E-state index in [0.29, 0.717) is 24.9 Å². The number of aliphatic hydroxyl groups is 1. The highest BCUT2D eigenvalue weighted by Crippen LogP contribution is 2.34. The summed E-state index contributed by atoms with van der Waals surface area (Å²) in [6, 6.07) is 9.44. The van der Waals surface area contributed by atoms with Gasteiger partial charge in [-0.15, -0.1) is 0 Å². The van der Waals surface area contributed by atoms with E-state index < -0.39 is 32.8 Å². The Morgan fingerprint density at radius 2 is 1.81 bits per heavy atom. The number of nitrogens with zero attached hydrogens (tertiary/aromatic N) is 2. The summed E-state index contributed by atoms with van der Waals surface area (Å²) in [6.07, 6.45) is -5.48. The highest BCUT2D eigenvalue weighted by Gasteiger charge is 2.35. The Labute approximate surface area is 197 Å². The second-order valence-corrected chi connectivity index (χ2v) is 10.5. The SMILES string of the molecule is O=S(=O)(c1cc(C(F)(F)F)ccc1Cl)N1CCN(C[C@@H](O)COc2cccc(Br)c2)CC1. The third kappa shape index (κ3) is 6.36. The summed E-state index contributed by atoms with van der Waals surface area (Å²) < 4.78 is 72.3. The molecule has 0 spiro atoms. The summed E-state index contributed by atoms with van der Waals surface area (Å²) in [5.74, 6) is 0.604. The molecule has 0 aliphatic carbocycles. The number of rotatable bonds is 7. The van der Waals surface area contributed by atoms with Crippen molar-refractivity contribution in [1.29, 1.82) is 0 Å². The summed E-state index contributed by atoms with van der Waals surface area (Å²) in [7, 11) is -4.19. The number of alkyl halides is 3. The molecule has 2 aromatic rings. The number of piperazine rings is 1. The van der Waals surface area contributed by atoms with Crippen LogP contribution in [0.2, 0.25) is 5.02 Å². The lowest BCUT2D eigenvalue weighted by Crippen LogP contribution is -2.50. The van der Waals surface area contributed by atoms with E-state index in [4.69, 9.17) is 16.3 Å². The van der Waals surface area contributed by atoms with E-state index >= 15 is 0 Å². The zero-order chi connectivity index (χ0) is 23.5. The standard InChI is InChI=1S/C20H21BrClF3N2O4S/c21-15-2-1-3-17(11-15)31-13-16(28)12-26-6-8-27(9-7-26)32(29,30)19-10-14(20(23,24)25)4-5-18(19)22/h1-5,10-11,16,28H,6-9,12-13H2/t16-/m1/s1. The van der Waals surface area contributed by atoms with Gasteiger partial charge in [0.1, 0.15) is 23.4 Å². The van der Waals surface area contributed by atoms with Crippen LogP contribution >= 0.6 is 27.5 Å². The molecule has 1 atom stereocenters. The van der Waals surface area contributed by atoms with Crippen molar-refractivity contribution >= 4 is 37.6 Å². The number of sulfonamides is 1. The molecule has 3 rings (SSSR count). The maximum Gasteiger partial charge on any atom is 0.416 e. The van der Waals surface area contributed by atoms with Crippen LogP contribution in [0, 0.1) is 0 Å². The van der Waals surface area contributed by atoms with E-state index in [2.05, 4.69) is 15.9 Å². The van der Waals surface area contributed by atoms with Gasteiger partial charge in [-0.2, -0.15) is 17.5 Å². The molecule has 0 radical (unpaired) electrons. The number of halogens is 5. The van der Waals surface area contributed by atoms with Crippen molar-refractivity contribution in [2.75, 3.05) is 39.3 Å². The topological polar surface area (TPSA) is 70.1 Å². The molecule has 2 aromatic carbocycles. The molecule has 1 aliphatic heterocycles. The molecule has 1 aliphatic rings. The van der Waals surface area contributed by atoms with Gasteiger partial charge in [-0.3, -0.25) is 4.90 Å². The first kappa shape index (κ1) is 25.3. The van der Waals surface area contributed by atoms with Crippen molar-refractivity contribution < 1.29 is 31.4 Å². The highest BCUT2D eigenvalue weighted by atomic mass is 79.9. The maximum absolute atomic E-state index is 13.0. The Kier molecular flexibility index (Phi) is 8.11. The number of hydrogen-bond acceptors (Lipinski definition) is 5. The molecule has 0 bridgehead atoms. The van der Waals surface area contributed by atoms with Gasteiger partial charge >= 0.3 is 6.18 Å². The maximum atomic E-state index is 13.0. The Hall–Kier alpha value is -1.37. The fourth-order valence-electron chi connectivity index (χ4n) is 3.27.